The number of carbonyl (C=O) groups excluding carboxylic acids is 1. The van der Waals surface area contributed by atoms with Crippen molar-refractivity contribution in [2.45, 2.75) is 25.9 Å². The Bertz CT molecular complexity index is 350. The molecule has 0 saturated carbocycles. The minimum atomic E-state index is -1.31. The molecular weight excluding hydrogens is 188 g/mol. The molecule has 2 nitrogen and oxygen atoms in total. The number of Topliss-reactive ketones (excluding diaryl/α,β-unsaturated/α-hetero) is 1. The standard InChI is InChI=1S/C13H16O2/c1-3-4-10-13(2,15)12(14)11-8-6-5-7-9-11/h3-9,15H,10H2,1-2H3/b4-3+/t13-/m1/s1. The van der Waals surface area contributed by atoms with E-state index in [1.54, 1.807) is 37.3 Å². The highest BCUT2D eigenvalue weighted by Gasteiger charge is 2.29. The van der Waals surface area contributed by atoms with E-state index in [1.807, 2.05) is 19.1 Å². The van der Waals surface area contributed by atoms with E-state index in [0.29, 0.717) is 12.0 Å². The molecule has 0 spiro atoms. The van der Waals surface area contributed by atoms with Crippen LogP contribution >= 0.6 is 0 Å². The topological polar surface area (TPSA) is 37.3 Å². The molecule has 0 fully saturated rings. The molecule has 0 aliphatic rings. The number of hydrogen-bond acceptors (Lipinski definition) is 2. The molecule has 1 atom stereocenters. The molecule has 0 aliphatic carbocycles. The monoisotopic (exact) mass is 204 g/mol. The Hall–Kier alpha value is -1.41. The zero-order valence-corrected chi connectivity index (χ0v) is 9.10. The average molecular weight is 204 g/mol. The second-order valence-corrected chi connectivity index (χ2v) is 3.74. The maximum atomic E-state index is 11.9. The molecule has 0 heterocycles. The van der Waals surface area contributed by atoms with Crippen molar-refractivity contribution >= 4 is 5.78 Å². The van der Waals surface area contributed by atoms with Gasteiger partial charge >= 0.3 is 0 Å². The Morgan fingerprint density at radius 1 is 1.40 bits per heavy atom. The van der Waals surface area contributed by atoms with Crippen molar-refractivity contribution in [1.82, 2.24) is 0 Å². The largest absolute Gasteiger partial charge is 0.382 e. The van der Waals surface area contributed by atoms with Crippen LogP contribution in [0, 0.1) is 0 Å². The Morgan fingerprint density at radius 2 is 2.00 bits per heavy atom. The van der Waals surface area contributed by atoms with Gasteiger partial charge in [-0.05, 0) is 13.8 Å². The lowest BCUT2D eigenvalue weighted by Crippen LogP contribution is -2.34. The van der Waals surface area contributed by atoms with Gasteiger partial charge in [0.05, 0.1) is 0 Å². The van der Waals surface area contributed by atoms with Gasteiger partial charge in [0.15, 0.2) is 5.78 Å². The van der Waals surface area contributed by atoms with Crippen molar-refractivity contribution in [3.8, 4) is 0 Å². The van der Waals surface area contributed by atoms with Crippen molar-refractivity contribution in [3.05, 3.63) is 48.0 Å². The number of hydrogen-bond donors (Lipinski definition) is 1. The van der Waals surface area contributed by atoms with Gasteiger partial charge in [0, 0.05) is 12.0 Å². The van der Waals surface area contributed by atoms with Crippen LogP contribution in [0.3, 0.4) is 0 Å². The first-order chi connectivity index (χ1) is 7.08. The maximum Gasteiger partial charge on any atom is 0.194 e. The summed E-state index contributed by atoms with van der Waals surface area (Å²) in [6.07, 6.45) is 3.96. The third-order valence-corrected chi connectivity index (χ3v) is 2.28. The van der Waals surface area contributed by atoms with E-state index in [-0.39, 0.29) is 5.78 Å². The van der Waals surface area contributed by atoms with Gasteiger partial charge in [0.2, 0.25) is 0 Å². The van der Waals surface area contributed by atoms with Crippen molar-refractivity contribution in [3.63, 3.8) is 0 Å². The molecule has 0 bridgehead atoms. The quantitative estimate of drug-likeness (QED) is 0.604. The minimum Gasteiger partial charge on any atom is -0.382 e. The van der Waals surface area contributed by atoms with E-state index in [4.69, 9.17) is 0 Å². The van der Waals surface area contributed by atoms with Gasteiger partial charge in [-0.25, -0.2) is 0 Å². The molecule has 1 rings (SSSR count). The molecule has 0 unspecified atom stereocenters. The molecule has 1 N–H and O–H groups in total. The summed E-state index contributed by atoms with van der Waals surface area (Å²) >= 11 is 0. The Labute approximate surface area is 90.3 Å². The van der Waals surface area contributed by atoms with Crippen LogP contribution in [0.5, 0.6) is 0 Å². The van der Waals surface area contributed by atoms with Crippen molar-refractivity contribution in [2.75, 3.05) is 0 Å². The normalized spacial score (nSPS) is 15.1. The van der Waals surface area contributed by atoms with E-state index < -0.39 is 5.60 Å². The van der Waals surface area contributed by atoms with E-state index in [1.165, 1.54) is 0 Å². The van der Waals surface area contributed by atoms with Crippen LogP contribution in [0.25, 0.3) is 0 Å². The van der Waals surface area contributed by atoms with Crippen LogP contribution < -0.4 is 0 Å². The van der Waals surface area contributed by atoms with Gasteiger partial charge in [-0.15, -0.1) is 0 Å². The highest BCUT2D eigenvalue weighted by Crippen LogP contribution is 2.17. The van der Waals surface area contributed by atoms with Gasteiger partial charge in [-0.2, -0.15) is 0 Å². The highest BCUT2D eigenvalue weighted by atomic mass is 16.3. The maximum absolute atomic E-state index is 11.9. The number of ketones is 1. The summed E-state index contributed by atoms with van der Waals surface area (Å²) in [7, 11) is 0. The molecule has 2 heteroatoms. The molecule has 0 aliphatic heterocycles. The summed E-state index contributed by atoms with van der Waals surface area (Å²) in [5.41, 5.74) is -0.763. The molecule has 1 aromatic carbocycles. The fourth-order valence-corrected chi connectivity index (χ4v) is 1.34. The molecule has 0 aromatic heterocycles. The summed E-state index contributed by atoms with van der Waals surface area (Å²) in [6.45, 7) is 3.41. The van der Waals surface area contributed by atoms with Crippen LogP contribution in [0.4, 0.5) is 0 Å². The molecule has 0 amide bonds. The Morgan fingerprint density at radius 3 is 2.53 bits per heavy atom. The number of benzene rings is 1. The zero-order valence-electron chi connectivity index (χ0n) is 9.10. The first-order valence-corrected chi connectivity index (χ1v) is 5.01. The predicted octanol–water partition coefficient (Wildman–Crippen LogP) is 2.59. The van der Waals surface area contributed by atoms with Crippen molar-refractivity contribution in [2.24, 2.45) is 0 Å². The lowest BCUT2D eigenvalue weighted by molar-refractivity contribution is 0.0420. The molecule has 80 valence electrons. The lowest BCUT2D eigenvalue weighted by Gasteiger charge is -2.19. The number of aliphatic hydroxyl groups is 1. The first kappa shape index (κ1) is 11.7. The van der Waals surface area contributed by atoms with E-state index in [0.717, 1.165) is 0 Å². The average Bonchev–Trinajstić information content (AvgIpc) is 2.26. The number of rotatable bonds is 4. The van der Waals surface area contributed by atoms with Gasteiger partial charge in [-0.1, -0.05) is 42.5 Å². The summed E-state index contributed by atoms with van der Waals surface area (Å²) in [6, 6.07) is 8.86. The van der Waals surface area contributed by atoms with Crippen molar-refractivity contribution in [1.29, 1.82) is 0 Å². The molecule has 15 heavy (non-hydrogen) atoms. The third kappa shape index (κ3) is 3.03. The zero-order chi connectivity index (χ0) is 11.3. The first-order valence-electron chi connectivity index (χ1n) is 5.01. The van der Waals surface area contributed by atoms with Gasteiger partial charge in [0.25, 0.3) is 0 Å². The second kappa shape index (κ2) is 4.89. The van der Waals surface area contributed by atoms with E-state index in [2.05, 4.69) is 0 Å². The Balaban J connectivity index is 2.84. The van der Waals surface area contributed by atoms with Gasteiger partial charge in [0.1, 0.15) is 5.60 Å². The van der Waals surface area contributed by atoms with Crippen LogP contribution in [0.1, 0.15) is 30.6 Å². The molecular formula is C13H16O2. The van der Waals surface area contributed by atoms with Gasteiger partial charge in [-0.3, -0.25) is 4.79 Å². The highest BCUT2D eigenvalue weighted by molar-refractivity contribution is 6.02. The van der Waals surface area contributed by atoms with Gasteiger partial charge < -0.3 is 5.11 Å². The second-order valence-electron chi connectivity index (χ2n) is 3.74. The summed E-state index contributed by atoms with van der Waals surface area (Å²) in [5, 5.41) is 9.97. The lowest BCUT2D eigenvalue weighted by atomic mass is 9.91. The minimum absolute atomic E-state index is 0.235. The summed E-state index contributed by atoms with van der Waals surface area (Å²) < 4.78 is 0. The fraction of sp³-hybridized carbons (Fsp3) is 0.308. The van der Waals surface area contributed by atoms with E-state index in [9.17, 15) is 9.90 Å². The smallest absolute Gasteiger partial charge is 0.194 e. The van der Waals surface area contributed by atoms with Crippen molar-refractivity contribution < 1.29 is 9.90 Å². The Kier molecular flexibility index (Phi) is 3.81. The SMILES string of the molecule is C/C=C/C[C@@](C)(O)C(=O)c1ccccc1. The predicted molar refractivity (Wildman–Crippen MR) is 60.8 cm³/mol. The van der Waals surface area contributed by atoms with Crippen LogP contribution in [-0.2, 0) is 0 Å². The van der Waals surface area contributed by atoms with E-state index >= 15 is 0 Å². The van der Waals surface area contributed by atoms with Crippen LogP contribution in [0.15, 0.2) is 42.5 Å². The van der Waals surface area contributed by atoms with Crippen LogP contribution in [0.2, 0.25) is 0 Å². The molecule has 0 saturated heterocycles. The van der Waals surface area contributed by atoms with Crippen LogP contribution in [-0.4, -0.2) is 16.5 Å². The number of carbonyl (C=O) groups is 1. The summed E-state index contributed by atoms with van der Waals surface area (Å²) in [5.74, 6) is -0.235. The summed E-state index contributed by atoms with van der Waals surface area (Å²) in [4.78, 5) is 11.9. The third-order valence-electron chi connectivity index (χ3n) is 2.28. The molecule has 1 aromatic rings. The number of allylic oxidation sites excluding steroid dienone is 1. The fourth-order valence-electron chi connectivity index (χ4n) is 1.34. The molecule has 0 radical (unpaired) electrons.